The minimum atomic E-state index is -0.0925. The molecule has 0 spiro atoms. The number of halogens is 1. The van der Waals surface area contributed by atoms with Crippen molar-refractivity contribution in [3.63, 3.8) is 0 Å². The van der Waals surface area contributed by atoms with Crippen LogP contribution in [0.3, 0.4) is 0 Å². The number of benzene rings is 2. The summed E-state index contributed by atoms with van der Waals surface area (Å²) in [5.41, 5.74) is 3.58. The monoisotopic (exact) mass is 383 g/mol. The van der Waals surface area contributed by atoms with E-state index >= 15 is 0 Å². The molecule has 0 saturated carbocycles. The van der Waals surface area contributed by atoms with Gasteiger partial charge >= 0.3 is 0 Å². The van der Waals surface area contributed by atoms with Crippen LogP contribution in [0.5, 0.6) is 0 Å². The molecule has 8 heteroatoms. The minimum absolute atomic E-state index is 0.0925. The van der Waals surface area contributed by atoms with Gasteiger partial charge in [-0.1, -0.05) is 35.5 Å². The second-order valence-corrected chi connectivity index (χ2v) is 7.10. The first-order valence-corrected chi connectivity index (χ1v) is 9.26. The van der Waals surface area contributed by atoms with Crippen molar-refractivity contribution in [2.45, 2.75) is 12.1 Å². The van der Waals surface area contributed by atoms with E-state index in [2.05, 4.69) is 15.5 Å². The summed E-state index contributed by atoms with van der Waals surface area (Å²) in [6.45, 7) is 1.49. The van der Waals surface area contributed by atoms with Crippen LogP contribution in [0.25, 0.3) is 11.4 Å². The highest BCUT2D eigenvalue weighted by Crippen LogP contribution is 2.29. The van der Waals surface area contributed by atoms with Crippen LogP contribution in [0.2, 0.25) is 5.02 Å². The zero-order valence-corrected chi connectivity index (χ0v) is 15.4. The number of carbonyl (C=O) groups is 1. The molecule has 1 aliphatic heterocycles. The minimum Gasteiger partial charge on any atom is -0.326 e. The number of fused-ring (bicyclic) bond motifs is 1. The first-order chi connectivity index (χ1) is 12.6. The van der Waals surface area contributed by atoms with Crippen LogP contribution in [-0.4, -0.2) is 32.2 Å². The molecular weight excluding hydrogens is 370 g/mol. The Morgan fingerprint density at radius 3 is 2.46 bits per heavy atom. The van der Waals surface area contributed by atoms with Crippen LogP contribution in [0.1, 0.15) is 12.5 Å². The van der Waals surface area contributed by atoms with E-state index in [0.29, 0.717) is 16.6 Å². The molecule has 3 aromatic rings. The third-order valence-electron chi connectivity index (χ3n) is 3.81. The quantitative estimate of drug-likeness (QED) is 0.744. The third kappa shape index (κ3) is 3.36. The van der Waals surface area contributed by atoms with Gasteiger partial charge in [0.2, 0.25) is 11.1 Å². The molecular formula is C18H14ClN5OS. The highest BCUT2D eigenvalue weighted by molar-refractivity contribution is 7.99. The molecule has 0 aliphatic carbocycles. The van der Waals surface area contributed by atoms with E-state index < -0.39 is 0 Å². The van der Waals surface area contributed by atoms with E-state index in [1.807, 2.05) is 48.5 Å². The van der Waals surface area contributed by atoms with Crippen LogP contribution in [0.4, 0.5) is 5.69 Å². The molecule has 0 radical (unpaired) electrons. The van der Waals surface area contributed by atoms with Gasteiger partial charge in [-0.3, -0.25) is 4.79 Å². The Morgan fingerprint density at radius 1 is 1.08 bits per heavy atom. The number of carbonyl (C=O) groups excluding carboxylic acids is 1. The second-order valence-electron chi connectivity index (χ2n) is 5.72. The summed E-state index contributed by atoms with van der Waals surface area (Å²) in [7, 11) is 0. The average molecular weight is 384 g/mol. The number of aromatic nitrogens is 3. The molecule has 1 aliphatic rings. The predicted octanol–water partition coefficient (Wildman–Crippen LogP) is 3.92. The van der Waals surface area contributed by atoms with E-state index in [0.717, 1.165) is 27.7 Å². The van der Waals surface area contributed by atoms with Gasteiger partial charge in [0.25, 0.3) is 0 Å². The maximum absolute atomic E-state index is 11.1. The van der Waals surface area contributed by atoms with Gasteiger partial charge in [0.15, 0.2) is 5.82 Å². The fourth-order valence-electron chi connectivity index (χ4n) is 2.60. The molecule has 0 fully saturated rings. The second kappa shape index (κ2) is 6.93. The van der Waals surface area contributed by atoms with Gasteiger partial charge in [0, 0.05) is 29.0 Å². The summed E-state index contributed by atoms with van der Waals surface area (Å²) in [5, 5.41) is 17.4. The van der Waals surface area contributed by atoms with Crippen molar-refractivity contribution in [2.24, 2.45) is 5.10 Å². The zero-order valence-electron chi connectivity index (χ0n) is 13.8. The predicted molar refractivity (Wildman–Crippen MR) is 104 cm³/mol. The molecule has 0 unspecified atom stereocenters. The van der Waals surface area contributed by atoms with E-state index in [4.69, 9.17) is 16.7 Å². The van der Waals surface area contributed by atoms with Gasteiger partial charge in [-0.15, -0.1) is 10.2 Å². The van der Waals surface area contributed by atoms with Gasteiger partial charge in [0.1, 0.15) is 0 Å². The van der Waals surface area contributed by atoms with Crippen molar-refractivity contribution in [3.8, 4) is 11.4 Å². The molecule has 4 rings (SSSR count). The summed E-state index contributed by atoms with van der Waals surface area (Å²) in [5.74, 6) is 1.29. The Balaban J connectivity index is 1.67. The molecule has 1 N–H and O–H groups in total. The molecule has 6 nitrogen and oxygen atoms in total. The van der Waals surface area contributed by atoms with Crippen molar-refractivity contribution < 1.29 is 4.79 Å². The van der Waals surface area contributed by atoms with Crippen molar-refractivity contribution >= 4 is 40.7 Å². The third-order valence-corrected chi connectivity index (χ3v) is 4.99. The number of amides is 1. The average Bonchev–Trinajstić information content (AvgIpc) is 3.06. The summed E-state index contributed by atoms with van der Waals surface area (Å²) in [6, 6.07) is 15.1. The highest BCUT2D eigenvalue weighted by Gasteiger charge is 2.20. The molecule has 2 heterocycles. The Kier molecular flexibility index (Phi) is 4.48. The van der Waals surface area contributed by atoms with Gasteiger partial charge in [-0.05, 0) is 42.0 Å². The van der Waals surface area contributed by atoms with E-state index in [1.165, 1.54) is 6.92 Å². The zero-order chi connectivity index (χ0) is 18.1. The van der Waals surface area contributed by atoms with Crippen molar-refractivity contribution in [3.05, 3.63) is 59.1 Å². The number of nitrogens with one attached hydrogen (secondary N) is 1. The van der Waals surface area contributed by atoms with Gasteiger partial charge < -0.3 is 5.32 Å². The maximum atomic E-state index is 11.1. The van der Waals surface area contributed by atoms with E-state index in [1.54, 1.807) is 16.4 Å². The van der Waals surface area contributed by atoms with Crippen molar-refractivity contribution in [2.75, 3.05) is 11.1 Å². The lowest BCUT2D eigenvalue weighted by Crippen LogP contribution is -2.14. The molecule has 2 aromatic carbocycles. The molecule has 0 atom stereocenters. The number of nitrogens with zero attached hydrogens (tertiary/aromatic N) is 4. The number of rotatable bonds is 3. The SMILES string of the molecule is CC(=O)Nc1ccc(C2=Nn3c(nnc3-c3ccc(Cl)cc3)SC2)cc1. The van der Waals surface area contributed by atoms with Crippen LogP contribution >= 0.6 is 23.4 Å². The maximum Gasteiger partial charge on any atom is 0.221 e. The Morgan fingerprint density at radius 2 is 1.77 bits per heavy atom. The fourth-order valence-corrected chi connectivity index (χ4v) is 3.56. The van der Waals surface area contributed by atoms with Crippen LogP contribution in [-0.2, 0) is 4.79 Å². The van der Waals surface area contributed by atoms with Gasteiger partial charge in [-0.2, -0.15) is 9.78 Å². The first-order valence-electron chi connectivity index (χ1n) is 7.90. The lowest BCUT2D eigenvalue weighted by atomic mass is 10.1. The molecule has 1 aromatic heterocycles. The smallest absolute Gasteiger partial charge is 0.221 e. The van der Waals surface area contributed by atoms with E-state index in [-0.39, 0.29) is 5.91 Å². The summed E-state index contributed by atoms with van der Waals surface area (Å²) >= 11 is 7.55. The Labute approximate surface area is 159 Å². The largest absolute Gasteiger partial charge is 0.326 e. The van der Waals surface area contributed by atoms with Crippen LogP contribution < -0.4 is 5.32 Å². The number of hydrogen-bond acceptors (Lipinski definition) is 5. The summed E-state index contributed by atoms with van der Waals surface area (Å²) in [6.07, 6.45) is 0. The van der Waals surface area contributed by atoms with Gasteiger partial charge in [0.05, 0.1) is 5.71 Å². The molecule has 26 heavy (non-hydrogen) atoms. The molecule has 1 amide bonds. The highest BCUT2D eigenvalue weighted by atomic mass is 35.5. The topological polar surface area (TPSA) is 72.2 Å². The fraction of sp³-hybridized carbons (Fsp3) is 0.111. The summed E-state index contributed by atoms with van der Waals surface area (Å²) in [4.78, 5) is 11.1. The summed E-state index contributed by atoms with van der Waals surface area (Å²) < 4.78 is 1.76. The van der Waals surface area contributed by atoms with E-state index in [9.17, 15) is 4.79 Å². The normalized spacial score (nSPS) is 13.1. The molecule has 0 bridgehead atoms. The number of thioether (sulfide) groups is 1. The van der Waals surface area contributed by atoms with Gasteiger partial charge in [-0.25, -0.2) is 0 Å². The lowest BCUT2D eigenvalue weighted by Gasteiger charge is -2.14. The molecule has 130 valence electrons. The van der Waals surface area contributed by atoms with Crippen molar-refractivity contribution in [1.82, 2.24) is 14.9 Å². The Hall–Kier alpha value is -2.64. The molecule has 0 saturated heterocycles. The standard InChI is InChI=1S/C18H14ClN5OS/c1-11(25)20-15-8-4-12(5-9-15)16-10-26-18-22-21-17(24(18)23-16)13-2-6-14(19)7-3-13/h2-9H,10H2,1H3,(H,20,25). The van der Waals surface area contributed by atoms with Crippen LogP contribution in [0.15, 0.2) is 58.8 Å². The first kappa shape index (κ1) is 16.8. The number of hydrogen-bond donors (Lipinski definition) is 1. The van der Waals surface area contributed by atoms with Crippen molar-refractivity contribution in [1.29, 1.82) is 0 Å². The number of anilines is 1. The lowest BCUT2D eigenvalue weighted by molar-refractivity contribution is -0.114. The van der Waals surface area contributed by atoms with Crippen LogP contribution in [0, 0.1) is 0 Å². The Bertz CT molecular complexity index is 995.